The first kappa shape index (κ1) is 21.3. The molecule has 1 aliphatic heterocycles. The monoisotopic (exact) mass is 393 g/mol. The van der Waals surface area contributed by atoms with Crippen LogP contribution in [0.3, 0.4) is 0 Å². The van der Waals surface area contributed by atoms with E-state index in [-0.39, 0.29) is 24.8 Å². The number of amides is 3. The number of benzene rings is 1. The molecule has 1 aliphatic rings. The third kappa shape index (κ3) is 5.77. The van der Waals surface area contributed by atoms with Crippen LogP contribution in [0.1, 0.15) is 26.7 Å². The van der Waals surface area contributed by atoms with Crippen LogP contribution in [-0.4, -0.2) is 47.9 Å². The first-order chi connectivity index (χ1) is 13.2. The molecule has 1 aromatic rings. The Morgan fingerprint density at radius 3 is 2.46 bits per heavy atom. The van der Waals surface area contributed by atoms with Crippen LogP contribution in [0, 0.1) is 17.7 Å². The molecule has 1 aromatic carbocycles. The zero-order valence-electron chi connectivity index (χ0n) is 15.8. The minimum atomic E-state index is -1.18. The van der Waals surface area contributed by atoms with Crippen LogP contribution in [0.25, 0.3) is 0 Å². The Kier molecular flexibility index (Phi) is 7.08. The van der Waals surface area contributed by atoms with Crippen molar-refractivity contribution in [2.45, 2.75) is 32.7 Å². The van der Waals surface area contributed by atoms with E-state index >= 15 is 0 Å². The molecular formula is C19H24FN3O5. The van der Waals surface area contributed by atoms with E-state index in [2.05, 4.69) is 10.6 Å². The molecule has 2 atom stereocenters. The second-order valence-electron chi connectivity index (χ2n) is 7.18. The molecule has 0 bridgehead atoms. The predicted octanol–water partition coefficient (Wildman–Crippen LogP) is 0.910. The highest BCUT2D eigenvalue weighted by molar-refractivity contribution is 6.01. The van der Waals surface area contributed by atoms with Gasteiger partial charge in [0.1, 0.15) is 18.4 Å². The van der Waals surface area contributed by atoms with Gasteiger partial charge in [0.15, 0.2) is 0 Å². The second kappa shape index (κ2) is 9.29. The Hall–Kier alpha value is -2.97. The Balaban J connectivity index is 2.02. The Morgan fingerprint density at radius 2 is 1.89 bits per heavy atom. The highest BCUT2D eigenvalue weighted by Crippen LogP contribution is 2.25. The van der Waals surface area contributed by atoms with Crippen molar-refractivity contribution in [3.63, 3.8) is 0 Å². The first-order valence-electron chi connectivity index (χ1n) is 9.03. The highest BCUT2D eigenvalue weighted by atomic mass is 19.1. The van der Waals surface area contributed by atoms with Crippen molar-refractivity contribution in [2.75, 3.05) is 18.0 Å². The normalized spacial score (nSPS) is 17.5. The second-order valence-corrected chi connectivity index (χ2v) is 7.18. The van der Waals surface area contributed by atoms with Crippen LogP contribution < -0.4 is 15.5 Å². The van der Waals surface area contributed by atoms with Crippen LogP contribution >= 0.6 is 0 Å². The summed E-state index contributed by atoms with van der Waals surface area (Å²) in [6.07, 6.45) is 0.313. The van der Waals surface area contributed by atoms with Gasteiger partial charge in [-0.1, -0.05) is 13.8 Å². The van der Waals surface area contributed by atoms with Crippen molar-refractivity contribution < 1.29 is 28.7 Å². The van der Waals surface area contributed by atoms with Crippen LogP contribution in [-0.2, 0) is 19.2 Å². The van der Waals surface area contributed by atoms with Gasteiger partial charge >= 0.3 is 5.97 Å². The van der Waals surface area contributed by atoms with Gasteiger partial charge in [-0.05, 0) is 36.6 Å². The summed E-state index contributed by atoms with van der Waals surface area (Å²) in [4.78, 5) is 49.1. The molecule has 3 amide bonds. The summed E-state index contributed by atoms with van der Waals surface area (Å²) in [6, 6.07) is 4.52. The van der Waals surface area contributed by atoms with Crippen molar-refractivity contribution >= 4 is 29.4 Å². The van der Waals surface area contributed by atoms with E-state index in [1.54, 1.807) is 0 Å². The smallest absolute Gasteiger partial charge is 0.322 e. The molecule has 3 N–H and O–H groups in total. The highest BCUT2D eigenvalue weighted by Gasteiger charge is 2.36. The van der Waals surface area contributed by atoms with Gasteiger partial charge in [-0.2, -0.15) is 0 Å². The van der Waals surface area contributed by atoms with Crippen molar-refractivity contribution in [3.05, 3.63) is 30.1 Å². The molecule has 2 unspecified atom stereocenters. The first-order valence-corrected chi connectivity index (χ1v) is 9.03. The van der Waals surface area contributed by atoms with E-state index in [0.717, 1.165) is 0 Å². The van der Waals surface area contributed by atoms with Crippen molar-refractivity contribution in [3.8, 4) is 0 Å². The number of aliphatic carboxylic acids is 1. The van der Waals surface area contributed by atoms with Crippen molar-refractivity contribution in [2.24, 2.45) is 11.8 Å². The molecule has 0 aliphatic carbocycles. The Labute approximate surface area is 162 Å². The summed E-state index contributed by atoms with van der Waals surface area (Å²) >= 11 is 0. The SMILES string of the molecule is CC(C)CC(NC(=O)C1CC(=O)N(c2ccc(F)cc2)C1)C(=O)NCC(=O)O. The number of carboxylic acid groups (broad SMARTS) is 1. The molecule has 0 aromatic heterocycles. The number of rotatable bonds is 8. The van der Waals surface area contributed by atoms with Crippen LogP contribution in [0.4, 0.5) is 10.1 Å². The number of halogens is 1. The fourth-order valence-corrected chi connectivity index (χ4v) is 3.03. The Morgan fingerprint density at radius 1 is 1.25 bits per heavy atom. The summed E-state index contributed by atoms with van der Waals surface area (Å²) in [5.41, 5.74) is 0.500. The summed E-state index contributed by atoms with van der Waals surface area (Å²) in [5.74, 6) is -3.46. The fourth-order valence-electron chi connectivity index (χ4n) is 3.03. The van der Waals surface area contributed by atoms with E-state index in [1.165, 1.54) is 29.2 Å². The van der Waals surface area contributed by atoms with E-state index in [1.807, 2.05) is 13.8 Å². The average molecular weight is 393 g/mol. The lowest BCUT2D eigenvalue weighted by molar-refractivity contribution is -0.138. The predicted molar refractivity (Wildman–Crippen MR) is 98.9 cm³/mol. The van der Waals surface area contributed by atoms with Gasteiger partial charge in [0, 0.05) is 18.7 Å². The molecule has 9 heteroatoms. The summed E-state index contributed by atoms with van der Waals surface area (Å²) in [7, 11) is 0. The van der Waals surface area contributed by atoms with Gasteiger partial charge < -0.3 is 20.6 Å². The molecule has 28 heavy (non-hydrogen) atoms. The van der Waals surface area contributed by atoms with Gasteiger partial charge in [-0.25, -0.2) is 4.39 Å². The molecule has 2 rings (SSSR count). The third-order valence-electron chi connectivity index (χ3n) is 4.39. The molecule has 152 valence electrons. The van der Waals surface area contributed by atoms with E-state index in [9.17, 15) is 23.6 Å². The molecule has 1 fully saturated rings. The number of anilines is 1. The summed E-state index contributed by atoms with van der Waals surface area (Å²) in [5, 5.41) is 13.6. The van der Waals surface area contributed by atoms with Crippen LogP contribution in [0.15, 0.2) is 24.3 Å². The van der Waals surface area contributed by atoms with E-state index in [4.69, 9.17) is 5.11 Å². The van der Waals surface area contributed by atoms with Crippen molar-refractivity contribution in [1.82, 2.24) is 10.6 Å². The zero-order chi connectivity index (χ0) is 20.8. The average Bonchev–Trinajstić information content (AvgIpc) is 3.01. The number of hydrogen-bond donors (Lipinski definition) is 3. The minimum absolute atomic E-state index is 0.0195. The van der Waals surface area contributed by atoms with Gasteiger partial charge in [-0.15, -0.1) is 0 Å². The molecule has 0 saturated carbocycles. The van der Waals surface area contributed by atoms with Gasteiger partial charge in [0.2, 0.25) is 17.7 Å². The molecule has 8 nitrogen and oxygen atoms in total. The zero-order valence-corrected chi connectivity index (χ0v) is 15.8. The lowest BCUT2D eigenvalue weighted by Gasteiger charge is -2.22. The number of hydrogen-bond acceptors (Lipinski definition) is 4. The van der Waals surface area contributed by atoms with Gasteiger partial charge in [0.05, 0.1) is 5.92 Å². The van der Waals surface area contributed by atoms with Gasteiger partial charge in [0.25, 0.3) is 0 Å². The van der Waals surface area contributed by atoms with Gasteiger partial charge in [-0.3, -0.25) is 19.2 Å². The maximum absolute atomic E-state index is 13.1. The van der Waals surface area contributed by atoms with E-state index < -0.39 is 42.1 Å². The summed E-state index contributed by atoms with van der Waals surface area (Å²) in [6.45, 7) is 3.34. The fraction of sp³-hybridized carbons (Fsp3) is 0.474. The lowest BCUT2D eigenvalue weighted by atomic mass is 10.0. The topological polar surface area (TPSA) is 116 Å². The summed E-state index contributed by atoms with van der Waals surface area (Å²) < 4.78 is 13.1. The van der Waals surface area contributed by atoms with E-state index in [0.29, 0.717) is 12.1 Å². The minimum Gasteiger partial charge on any atom is -0.480 e. The molecular weight excluding hydrogens is 369 g/mol. The number of nitrogens with one attached hydrogen (secondary N) is 2. The maximum Gasteiger partial charge on any atom is 0.322 e. The number of nitrogens with zero attached hydrogens (tertiary/aromatic N) is 1. The largest absolute Gasteiger partial charge is 0.480 e. The number of carbonyl (C=O) groups is 4. The third-order valence-corrected chi connectivity index (χ3v) is 4.39. The quantitative estimate of drug-likeness (QED) is 0.607. The Bertz CT molecular complexity index is 750. The molecule has 0 spiro atoms. The van der Waals surface area contributed by atoms with Crippen molar-refractivity contribution in [1.29, 1.82) is 0 Å². The molecule has 1 heterocycles. The molecule has 1 saturated heterocycles. The standard InChI is InChI=1S/C19H24FN3O5/c1-11(2)7-15(19(28)21-9-17(25)26)22-18(27)12-8-16(24)23(10-12)14-5-3-13(20)4-6-14/h3-6,11-12,15H,7-10H2,1-2H3,(H,21,28)(H,22,27)(H,25,26). The maximum atomic E-state index is 13.1. The van der Waals surface area contributed by atoms with Crippen LogP contribution in [0.2, 0.25) is 0 Å². The number of carboxylic acids is 1. The lowest BCUT2D eigenvalue weighted by Crippen LogP contribution is -2.50. The van der Waals surface area contributed by atoms with Crippen LogP contribution in [0.5, 0.6) is 0 Å². The number of carbonyl (C=O) groups excluding carboxylic acids is 3. The molecule has 0 radical (unpaired) electrons.